The maximum Gasteiger partial charge on any atom is 0.317 e. The smallest absolute Gasteiger partial charge is 0.317 e. The summed E-state index contributed by atoms with van der Waals surface area (Å²) in [6, 6.07) is 10.9. The Labute approximate surface area is 150 Å². The Bertz CT molecular complexity index is 505. The van der Waals surface area contributed by atoms with Crippen molar-refractivity contribution in [2.24, 2.45) is 5.92 Å². The molecule has 1 atom stereocenters. The second-order valence-corrected chi connectivity index (χ2v) is 8.05. The van der Waals surface area contributed by atoms with E-state index in [9.17, 15) is 4.79 Å². The molecule has 0 radical (unpaired) electrons. The number of hydrogen-bond acceptors (Lipinski definition) is 3. The van der Waals surface area contributed by atoms with Crippen LogP contribution in [0.5, 0.6) is 0 Å². The number of amides is 2. The van der Waals surface area contributed by atoms with Crippen LogP contribution >= 0.6 is 11.8 Å². The number of benzene rings is 1. The number of urea groups is 1. The highest BCUT2D eigenvalue weighted by atomic mass is 32.2. The zero-order valence-electron chi connectivity index (χ0n) is 14.5. The molecular weight excluding hydrogens is 318 g/mol. The van der Waals surface area contributed by atoms with E-state index in [1.807, 2.05) is 16.7 Å². The topological polar surface area (TPSA) is 35.6 Å². The summed E-state index contributed by atoms with van der Waals surface area (Å²) in [6.45, 7) is 6.04. The summed E-state index contributed by atoms with van der Waals surface area (Å²) in [7, 11) is 0. The highest BCUT2D eigenvalue weighted by molar-refractivity contribution is 7.99. The number of hydrogen-bond donors (Lipinski definition) is 1. The Morgan fingerprint density at radius 3 is 2.75 bits per heavy atom. The third kappa shape index (κ3) is 5.42. The van der Waals surface area contributed by atoms with Gasteiger partial charge in [0.25, 0.3) is 0 Å². The lowest BCUT2D eigenvalue weighted by Crippen LogP contribution is -2.47. The van der Waals surface area contributed by atoms with Gasteiger partial charge in [-0.25, -0.2) is 4.79 Å². The van der Waals surface area contributed by atoms with Crippen molar-refractivity contribution in [1.82, 2.24) is 15.1 Å². The molecule has 5 heteroatoms. The molecule has 1 aromatic rings. The highest BCUT2D eigenvalue weighted by Crippen LogP contribution is 2.17. The number of thioether (sulfide) groups is 1. The number of nitrogens with zero attached hydrogens (tertiary/aromatic N) is 2. The van der Waals surface area contributed by atoms with Crippen molar-refractivity contribution in [3.63, 3.8) is 0 Å². The standard InChI is InChI=1S/C19H29N3OS/c23-19(22-11-13-24-14-12-22)20-15-18-7-4-9-21(16-18)10-8-17-5-2-1-3-6-17/h1-3,5-6,18H,4,7-16H2,(H,20,23). The van der Waals surface area contributed by atoms with Crippen molar-refractivity contribution < 1.29 is 4.79 Å². The summed E-state index contributed by atoms with van der Waals surface area (Å²) in [5.74, 6) is 2.74. The fourth-order valence-electron chi connectivity index (χ4n) is 3.56. The molecule has 1 N–H and O–H groups in total. The summed E-state index contributed by atoms with van der Waals surface area (Å²) in [5, 5.41) is 3.17. The first-order chi connectivity index (χ1) is 11.8. The van der Waals surface area contributed by atoms with Gasteiger partial charge in [-0.15, -0.1) is 0 Å². The van der Waals surface area contributed by atoms with Crippen molar-refractivity contribution in [3.05, 3.63) is 35.9 Å². The van der Waals surface area contributed by atoms with Crippen LogP contribution in [0.2, 0.25) is 0 Å². The van der Waals surface area contributed by atoms with E-state index in [0.717, 1.165) is 50.7 Å². The molecule has 3 rings (SSSR count). The molecule has 0 aromatic heterocycles. The van der Waals surface area contributed by atoms with Gasteiger partial charge in [0.1, 0.15) is 0 Å². The molecule has 2 aliphatic rings. The number of likely N-dealkylation sites (tertiary alicyclic amines) is 1. The van der Waals surface area contributed by atoms with Gasteiger partial charge in [-0.3, -0.25) is 0 Å². The Kier molecular flexibility index (Phi) is 6.85. The quantitative estimate of drug-likeness (QED) is 0.889. The molecule has 2 amide bonds. The molecule has 2 heterocycles. The van der Waals surface area contributed by atoms with Crippen molar-refractivity contribution in [1.29, 1.82) is 0 Å². The van der Waals surface area contributed by atoms with Crippen LogP contribution in [0.3, 0.4) is 0 Å². The molecule has 2 aliphatic heterocycles. The van der Waals surface area contributed by atoms with E-state index in [0.29, 0.717) is 5.92 Å². The first kappa shape index (κ1) is 17.6. The molecule has 2 fully saturated rings. The van der Waals surface area contributed by atoms with Gasteiger partial charge >= 0.3 is 6.03 Å². The predicted octanol–water partition coefficient (Wildman–Crippen LogP) is 2.70. The van der Waals surface area contributed by atoms with Crippen molar-refractivity contribution >= 4 is 17.8 Å². The first-order valence-corrected chi connectivity index (χ1v) is 10.3. The maximum absolute atomic E-state index is 12.2. The second-order valence-electron chi connectivity index (χ2n) is 6.83. The molecule has 0 spiro atoms. The van der Waals surface area contributed by atoms with Gasteiger partial charge in [0.2, 0.25) is 0 Å². The third-order valence-corrected chi connectivity index (χ3v) is 5.95. The summed E-state index contributed by atoms with van der Waals surface area (Å²) in [6.07, 6.45) is 3.60. The fraction of sp³-hybridized carbons (Fsp3) is 0.632. The lowest BCUT2D eigenvalue weighted by molar-refractivity contribution is 0.167. The minimum atomic E-state index is 0.136. The first-order valence-electron chi connectivity index (χ1n) is 9.18. The number of carbonyl (C=O) groups is 1. The van der Waals surface area contributed by atoms with E-state index < -0.39 is 0 Å². The molecule has 1 unspecified atom stereocenters. The van der Waals surface area contributed by atoms with E-state index in [4.69, 9.17) is 0 Å². The monoisotopic (exact) mass is 347 g/mol. The molecule has 0 aliphatic carbocycles. The van der Waals surface area contributed by atoms with Gasteiger partial charge in [-0.05, 0) is 37.3 Å². The molecule has 2 saturated heterocycles. The fourth-order valence-corrected chi connectivity index (χ4v) is 4.47. The normalized spacial score (nSPS) is 22.3. The van der Waals surface area contributed by atoms with Crippen LogP contribution in [0, 0.1) is 5.92 Å². The Morgan fingerprint density at radius 1 is 1.17 bits per heavy atom. The SMILES string of the molecule is O=C(NCC1CCCN(CCc2ccccc2)C1)N1CCSCC1. The van der Waals surface area contributed by atoms with Gasteiger partial charge in [0.05, 0.1) is 0 Å². The number of nitrogens with one attached hydrogen (secondary N) is 1. The largest absolute Gasteiger partial charge is 0.338 e. The van der Waals surface area contributed by atoms with Gasteiger partial charge in [-0.1, -0.05) is 30.3 Å². The van der Waals surface area contributed by atoms with Gasteiger partial charge in [0.15, 0.2) is 0 Å². The lowest BCUT2D eigenvalue weighted by Gasteiger charge is -2.33. The predicted molar refractivity (Wildman–Crippen MR) is 102 cm³/mol. The summed E-state index contributed by atoms with van der Waals surface area (Å²) in [4.78, 5) is 16.8. The Hall–Kier alpha value is -1.20. The van der Waals surface area contributed by atoms with Crippen LogP contribution in [-0.4, -0.2) is 66.6 Å². The molecule has 24 heavy (non-hydrogen) atoms. The zero-order chi connectivity index (χ0) is 16.6. The van der Waals surface area contributed by atoms with E-state index in [2.05, 4.69) is 40.5 Å². The molecule has 1 aromatic carbocycles. The van der Waals surface area contributed by atoms with Crippen LogP contribution in [0.1, 0.15) is 18.4 Å². The van der Waals surface area contributed by atoms with Crippen LogP contribution in [0.15, 0.2) is 30.3 Å². The lowest BCUT2D eigenvalue weighted by atomic mass is 9.97. The summed E-state index contributed by atoms with van der Waals surface area (Å²) < 4.78 is 0. The average Bonchev–Trinajstić information content (AvgIpc) is 2.66. The van der Waals surface area contributed by atoms with Gasteiger partial charge in [0, 0.05) is 44.2 Å². The maximum atomic E-state index is 12.2. The van der Waals surface area contributed by atoms with Crippen LogP contribution in [0.4, 0.5) is 4.79 Å². The molecule has 4 nitrogen and oxygen atoms in total. The number of rotatable bonds is 5. The number of piperidine rings is 1. The minimum absolute atomic E-state index is 0.136. The average molecular weight is 348 g/mol. The van der Waals surface area contributed by atoms with E-state index >= 15 is 0 Å². The van der Waals surface area contributed by atoms with Crippen molar-refractivity contribution in [2.45, 2.75) is 19.3 Å². The zero-order valence-corrected chi connectivity index (χ0v) is 15.3. The Balaban J connectivity index is 1.38. The molecule has 0 saturated carbocycles. The van der Waals surface area contributed by atoms with Crippen molar-refractivity contribution in [3.8, 4) is 0 Å². The molecular formula is C19H29N3OS. The number of carbonyl (C=O) groups excluding carboxylic acids is 1. The molecule has 132 valence electrons. The van der Waals surface area contributed by atoms with Gasteiger partial charge < -0.3 is 15.1 Å². The third-order valence-electron chi connectivity index (χ3n) is 5.00. The van der Waals surface area contributed by atoms with Gasteiger partial charge in [-0.2, -0.15) is 11.8 Å². The minimum Gasteiger partial charge on any atom is -0.338 e. The summed E-state index contributed by atoms with van der Waals surface area (Å²) in [5.41, 5.74) is 1.41. The second kappa shape index (κ2) is 9.33. The van der Waals surface area contributed by atoms with E-state index in [1.165, 1.54) is 24.9 Å². The summed E-state index contributed by atoms with van der Waals surface area (Å²) >= 11 is 1.94. The van der Waals surface area contributed by atoms with Crippen molar-refractivity contribution in [2.75, 3.05) is 50.8 Å². The van der Waals surface area contributed by atoms with E-state index in [-0.39, 0.29) is 6.03 Å². The Morgan fingerprint density at radius 2 is 1.96 bits per heavy atom. The van der Waals surface area contributed by atoms with Crippen LogP contribution in [0.25, 0.3) is 0 Å². The van der Waals surface area contributed by atoms with E-state index in [1.54, 1.807) is 0 Å². The highest BCUT2D eigenvalue weighted by Gasteiger charge is 2.22. The van der Waals surface area contributed by atoms with Crippen LogP contribution in [-0.2, 0) is 6.42 Å². The van der Waals surface area contributed by atoms with Crippen LogP contribution < -0.4 is 5.32 Å². The molecule has 0 bridgehead atoms.